The van der Waals surface area contributed by atoms with E-state index in [0.717, 1.165) is 5.56 Å². The molecule has 0 bridgehead atoms. The maximum atomic E-state index is 9.06. The van der Waals surface area contributed by atoms with Crippen LogP contribution in [0.15, 0.2) is 35.4 Å². The van der Waals surface area contributed by atoms with Gasteiger partial charge < -0.3 is 23.7 Å². The molecule has 2 aliphatic heterocycles. The van der Waals surface area contributed by atoms with E-state index in [9.17, 15) is 0 Å². The van der Waals surface area contributed by atoms with E-state index in [1.54, 1.807) is 6.26 Å². The van der Waals surface area contributed by atoms with E-state index in [0.29, 0.717) is 4.38 Å². The third kappa shape index (κ3) is 4.12. The summed E-state index contributed by atoms with van der Waals surface area (Å²) in [7, 11) is 1.49. The Bertz CT molecular complexity index is 673. The molecule has 2 heterocycles. The van der Waals surface area contributed by atoms with Crippen molar-refractivity contribution in [1.82, 2.24) is 0 Å². The van der Waals surface area contributed by atoms with Gasteiger partial charge in [0, 0.05) is 17.6 Å². The number of azide groups is 1. The standard InChI is InChI=1S/C16H19N3O5S2/c1-20-15-13(24-16(25)26-2)11(18-19-17)12-10(22-15)8-21-14(23-12)9-6-4-3-5-7-9/h3-7,10-15H,8H2,1-2H3/t10-,11-,12-,13+,14?,15+/m1/s1. The number of thiocarbonyl (C=S) groups is 1. The van der Waals surface area contributed by atoms with E-state index in [4.69, 9.17) is 41.4 Å². The zero-order valence-corrected chi connectivity index (χ0v) is 15.9. The molecule has 0 amide bonds. The monoisotopic (exact) mass is 397 g/mol. The van der Waals surface area contributed by atoms with Gasteiger partial charge in [-0.15, -0.1) is 0 Å². The zero-order valence-electron chi connectivity index (χ0n) is 14.3. The molecule has 8 nitrogen and oxygen atoms in total. The molecule has 26 heavy (non-hydrogen) atoms. The number of hydrogen-bond acceptors (Lipinski definition) is 8. The fraction of sp³-hybridized carbons (Fsp3) is 0.562. The molecule has 1 aromatic rings. The lowest BCUT2D eigenvalue weighted by Crippen LogP contribution is -2.62. The van der Waals surface area contributed by atoms with Crippen LogP contribution >= 0.6 is 24.0 Å². The second kappa shape index (κ2) is 9.01. The highest BCUT2D eigenvalue weighted by molar-refractivity contribution is 8.22. The van der Waals surface area contributed by atoms with Gasteiger partial charge in [0.15, 0.2) is 18.7 Å². The summed E-state index contributed by atoms with van der Waals surface area (Å²) in [6, 6.07) is 8.86. The van der Waals surface area contributed by atoms with Crippen molar-refractivity contribution in [2.24, 2.45) is 5.11 Å². The molecule has 0 aliphatic carbocycles. The average Bonchev–Trinajstić information content (AvgIpc) is 2.69. The van der Waals surface area contributed by atoms with E-state index in [1.165, 1.54) is 18.9 Å². The van der Waals surface area contributed by atoms with Gasteiger partial charge in [-0.2, -0.15) is 0 Å². The maximum absolute atomic E-state index is 9.06. The predicted molar refractivity (Wildman–Crippen MR) is 99.6 cm³/mol. The van der Waals surface area contributed by atoms with Crippen LogP contribution in [0.1, 0.15) is 11.9 Å². The van der Waals surface area contributed by atoms with E-state index in [1.807, 2.05) is 30.3 Å². The minimum absolute atomic E-state index is 0.279. The summed E-state index contributed by atoms with van der Waals surface area (Å²) in [6.07, 6.45) is -1.24. The topological polar surface area (TPSA) is 94.9 Å². The first-order valence-electron chi connectivity index (χ1n) is 7.97. The third-order valence-corrected chi connectivity index (χ3v) is 5.22. The SMILES string of the molecule is CO[C@H]1O[C@@H]2COC(c3ccccc3)O[C@H]2[C@@H](N=[N+]=[N-])[C@@H]1OC(=S)SC. The molecule has 6 atom stereocenters. The van der Waals surface area contributed by atoms with E-state index < -0.39 is 36.9 Å². The number of thioether (sulfide) groups is 1. The van der Waals surface area contributed by atoms with Crippen LogP contribution in [0.4, 0.5) is 0 Å². The molecule has 0 saturated carbocycles. The molecule has 2 saturated heterocycles. The van der Waals surface area contributed by atoms with Gasteiger partial charge in [-0.05, 0) is 24.0 Å². The molecule has 0 radical (unpaired) electrons. The van der Waals surface area contributed by atoms with Gasteiger partial charge >= 0.3 is 0 Å². The van der Waals surface area contributed by atoms with Crippen molar-refractivity contribution in [2.75, 3.05) is 20.0 Å². The van der Waals surface area contributed by atoms with Crippen LogP contribution in [0.25, 0.3) is 10.4 Å². The van der Waals surface area contributed by atoms with Crippen LogP contribution in [0.2, 0.25) is 0 Å². The molecular formula is C16H19N3O5S2. The minimum atomic E-state index is -0.752. The van der Waals surface area contributed by atoms with Gasteiger partial charge in [0.25, 0.3) is 0 Å². The second-order valence-corrected chi connectivity index (χ2v) is 7.10. The average molecular weight is 397 g/mol. The molecule has 3 rings (SSSR count). The highest BCUT2D eigenvalue weighted by Gasteiger charge is 2.51. The van der Waals surface area contributed by atoms with Gasteiger partial charge in [-0.1, -0.05) is 47.2 Å². The summed E-state index contributed by atoms with van der Waals surface area (Å²) in [4.78, 5) is 2.96. The lowest BCUT2D eigenvalue weighted by molar-refractivity contribution is -0.335. The summed E-state index contributed by atoms with van der Waals surface area (Å²) in [6.45, 7) is 0.279. The molecule has 0 N–H and O–H groups in total. The van der Waals surface area contributed by atoms with Crippen molar-refractivity contribution in [2.45, 2.75) is 36.9 Å². The maximum Gasteiger partial charge on any atom is 0.220 e. The Morgan fingerprint density at radius 1 is 1.35 bits per heavy atom. The van der Waals surface area contributed by atoms with E-state index in [2.05, 4.69) is 10.0 Å². The van der Waals surface area contributed by atoms with Gasteiger partial charge in [-0.3, -0.25) is 0 Å². The predicted octanol–water partition coefficient (Wildman–Crippen LogP) is 3.18. The fourth-order valence-electron chi connectivity index (χ4n) is 3.01. The first-order chi connectivity index (χ1) is 12.7. The number of ether oxygens (including phenoxy) is 5. The van der Waals surface area contributed by atoms with Crippen molar-refractivity contribution < 1.29 is 23.7 Å². The summed E-state index contributed by atoms with van der Waals surface area (Å²) in [5.74, 6) is 0. The van der Waals surface area contributed by atoms with Crippen molar-refractivity contribution in [3.63, 3.8) is 0 Å². The largest absolute Gasteiger partial charge is 0.469 e. The second-order valence-electron chi connectivity index (χ2n) is 5.69. The van der Waals surface area contributed by atoms with Crippen molar-refractivity contribution >= 4 is 28.4 Å². The van der Waals surface area contributed by atoms with Crippen molar-refractivity contribution in [3.8, 4) is 0 Å². The van der Waals surface area contributed by atoms with Crippen molar-refractivity contribution in [1.29, 1.82) is 0 Å². The Morgan fingerprint density at radius 2 is 2.12 bits per heavy atom. The molecule has 2 aliphatic rings. The molecule has 0 aromatic heterocycles. The number of benzene rings is 1. The molecule has 10 heteroatoms. The molecule has 1 unspecified atom stereocenters. The molecule has 140 valence electrons. The number of hydrogen-bond donors (Lipinski definition) is 0. The van der Waals surface area contributed by atoms with Crippen LogP contribution in [0.3, 0.4) is 0 Å². The minimum Gasteiger partial charge on any atom is -0.469 e. The zero-order chi connectivity index (χ0) is 18.5. The summed E-state index contributed by atoms with van der Waals surface area (Å²) in [5, 5.41) is 3.91. The Kier molecular flexibility index (Phi) is 6.71. The number of rotatable bonds is 4. The van der Waals surface area contributed by atoms with Crippen LogP contribution in [-0.4, -0.2) is 55.0 Å². The van der Waals surface area contributed by atoms with Crippen LogP contribution in [0, 0.1) is 0 Å². The molecule has 1 aromatic carbocycles. The Morgan fingerprint density at radius 3 is 2.77 bits per heavy atom. The van der Waals surface area contributed by atoms with Gasteiger partial charge in [0.1, 0.15) is 18.2 Å². The van der Waals surface area contributed by atoms with Crippen LogP contribution in [0.5, 0.6) is 0 Å². The number of fused-ring (bicyclic) bond motifs is 1. The lowest BCUT2D eigenvalue weighted by atomic mass is 9.95. The van der Waals surface area contributed by atoms with E-state index in [-0.39, 0.29) is 6.61 Å². The normalized spacial score (nSPS) is 33.6. The van der Waals surface area contributed by atoms with Crippen molar-refractivity contribution in [3.05, 3.63) is 46.3 Å². The van der Waals surface area contributed by atoms with Crippen LogP contribution in [-0.2, 0) is 23.7 Å². The summed E-state index contributed by atoms with van der Waals surface area (Å²) >= 11 is 6.43. The van der Waals surface area contributed by atoms with E-state index >= 15 is 0 Å². The smallest absolute Gasteiger partial charge is 0.220 e. The quantitative estimate of drug-likeness (QED) is 0.333. The van der Waals surface area contributed by atoms with Gasteiger partial charge in [-0.25, -0.2) is 0 Å². The Hall–Kier alpha value is -1.39. The third-order valence-electron chi connectivity index (χ3n) is 4.20. The molecular weight excluding hydrogens is 378 g/mol. The summed E-state index contributed by atoms with van der Waals surface area (Å²) < 4.78 is 29.2. The highest BCUT2D eigenvalue weighted by Crippen LogP contribution is 2.36. The first-order valence-corrected chi connectivity index (χ1v) is 9.60. The summed E-state index contributed by atoms with van der Waals surface area (Å²) in [5.41, 5.74) is 9.93. The molecule has 0 spiro atoms. The highest BCUT2D eigenvalue weighted by atomic mass is 32.2. The first kappa shape index (κ1) is 19.4. The number of nitrogens with zero attached hydrogens (tertiary/aromatic N) is 3. The van der Waals surface area contributed by atoms with Gasteiger partial charge in [0.2, 0.25) is 4.38 Å². The molecule has 2 fully saturated rings. The Labute approximate surface area is 160 Å². The van der Waals surface area contributed by atoms with Crippen LogP contribution < -0.4 is 0 Å². The fourth-order valence-corrected chi connectivity index (χ4v) is 3.33. The lowest BCUT2D eigenvalue weighted by Gasteiger charge is -2.47. The number of methoxy groups -OCH3 is 1. The Balaban J connectivity index is 1.85. The van der Waals surface area contributed by atoms with Gasteiger partial charge in [0.05, 0.1) is 6.61 Å².